The van der Waals surface area contributed by atoms with Crippen LogP contribution in [0, 0.1) is 5.41 Å². The van der Waals surface area contributed by atoms with Crippen molar-refractivity contribution in [2.24, 2.45) is 5.41 Å². The Labute approximate surface area is 124 Å². The summed E-state index contributed by atoms with van der Waals surface area (Å²) >= 11 is 0. The second kappa shape index (κ2) is 6.28. The van der Waals surface area contributed by atoms with Crippen LogP contribution in [0.4, 0.5) is 5.82 Å². The highest BCUT2D eigenvalue weighted by atomic mass is 16.4. The summed E-state index contributed by atoms with van der Waals surface area (Å²) in [6, 6.07) is 0. The van der Waals surface area contributed by atoms with E-state index in [0.717, 1.165) is 6.42 Å². The Kier molecular flexibility index (Phi) is 4.65. The fraction of sp³-hybridized carbons (Fsp3) is 0.667. The molecule has 6 heteroatoms. The first-order valence-electron chi connectivity index (χ1n) is 7.58. The van der Waals surface area contributed by atoms with Crippen LogP contribution < -0.4 is 10.5 Å². The summed E-state index contributed by atoms with van der Waals surface area (Å²) in [6.45, 7) is 5.68. The van der Waals surface area contributed by atoms with Crippen molar-refractivity contribution in [2.45, 2.75) is 46.1 Å². The molecule has 0 amide bonds. The van der Waals surface area contributed by atoms with Crippen LogP contribution in [0.2, 0.25) is 0 Å². The van der Waals surface area contributed by atoms with Crippen molar-refractivity contribution in [1.29, 1.82) is 0 Å². The first kappa shape index (κ1) is 15.5. The van der Waals surface area contributed by atoms with Gasteiger partial charge in [0, 0.05) is 32.0 Å². The number of hydrogen-bond acceptors (Lipinski definition) is 4. The third-order valence-corrected chi connectivity index (χ3v) is 4.44. The lowest BCUT2D eigenvalue weighted by molar-refractivity contribution is -0.150. The van der Waals surface area contributed by atoms with Crippen molar-refractivity contribution in [3.8, 4) is 0 Å². The minimum atomic E-state index is -0.712. The highest BCUT2D eigenvalue weighted by molar-refractivity contribution is 5.75. The Balaban J connectivity index is 2.18. The van der Waals surface area contributed by atoms with Crippen LogP contribution in [0.5, 0.6) is 0 Å². The molecule has 1 fully saturated rings. The van der Waals surface area contributed by atoms with Crippen molar-refractivity contribution in [1.82, 2.24) is 9.55 Å². The number of carboxylic acids is 1. The van der Waals surface area contributed by atoms with Gasteiger partial charge in [-0.15, -0.1) is 0 Å². The fourth-order valence-electron chi connectivity index (χ4n) is 3.10. The van der Waals surface area contributed by atoms with E-state index in [9.17, 15) is 14.7 Å². The zero-order chi connectivity index (χ0) is 15.5. The van der Waals surface area contributed by atoms with E-state index in [-0.39, 0.29) is 5.56 Å². The lowest BCUT2D eigenvalue weighted by Gasteiger charge is -2.39. The van der Waals surface area contributed by atoms with Crippen LogP contribution in [0.25, 0.3) is 0 Å². The first-order chi connectivity index (χ1) is 10.0. The van der Waals surface area contributed by atoms with Gasteiger partial charge in [0.1, 0.15) is 0 Å². The second-order valence-corrected chi connectivity index (χ2v) is 5.66. The van der Waals surface area contributed by atoms with Gasteiger partial charge in [-0.25, -0.2) is 4.98 Å². The average molecular weight is 293 g/mol. The SMILES string of the molecule is CCCC1(C(=O)O)CCN(c2nccn(CC)c2=O)CC1. The molecule has 116 valence electrons. The molecule has 0 aliphatic carbocycles. The second-order valence-electron chi connectivity index (χ2n) is 5.66. The Bertz CT molecular complexity index is 560. The van der Waals surface area contributed by atoms with E-state index in [1.165, 1.54) is 0 Å². The molecule has 0 atom stereocenters. The molecule has 1 aliphatic heterocycles. The number of rotatable bonds is 5. The molecular formula is C15H23N3O3. The molecule has 0 spiro atoms. The van der Waals surface area contributed by atoms with Gasteiger partial charge in [0.15, 0.2) is 5.82 Å². The summed E-state index contributed by atoms with van der Waals surface area (Å²) in [4.78, 5) is 30.0. The van der Waals surface area contributed by atoms with E-state index in [1.54, 1.807) is 17.0 Å². The number of carbonyl (C=O) groups is 1. The quantitative estimate of drug-likeness (QED) is 0.895. The predicted molar refractivity (Wildman–Crippen MR) is 80.6 cm³/mol. The highest BCUT2D eigenvalue weighted by Crippen LogP contribution is 2.37. The molecule has 0 unspecified atom stereocenters. The minimum absolute atomic E-state index is 0.0988. The summed E-state index contributed by atoms with van der Waals surface area (Å²) in [5, 5.41) is 9.51. The third-order valence-electron chi connectivity index (χ3n) is 4.44. The van der Waals surface area contributed by atoms with Crippen LogP contribution >= 0.6 is 0 Å². The van der Waals surface area contributed by atoms with E-state index < -0.39 is 11.4 Å². The molecule has 2 rings (SSSR count). The Morgan fingerprint density at radius 2 is 2.05 bits per heavy atom. The molecule has 0 bridgehead atoms. The molecule has 0 radical (unpaired) electrons. The summed E-state index contributed by atoms with van der Waals surface area (Å²) < 4.78 is 1.62. The molecule has 0 saturated carbocycles. The number of nitrogens with zero attached hydrogens (tertiary/aromatic N) is 3. The molecule has 6 nitrogen and oxygen atoms in total. The maximum absolute atomic E-state index is 12.3. The Morgan fingerprint density at radius 1 is 1.38 bits per heavy atom. The van der Waals surface area contributed by atoms with E-state index >= 15 is 0 Å². The summed E-state index contributed by atoms with van der Waals surface area (Å²) in [6.07, 6.45) is 5.99. The fourth-order valence-corrected chi connectivity index (χ4v) is 3.10. The molecule has 1 saturated heterocycles. The maximum Gasteiger partial charge on any atom is 0.309 e. The smallest absolute Gasteiger partial charge is 0.309 e. The molecule has 0 aromatic carbocycles. The van der Waals surface area contributed by atoms with Crippen LogP contribution in [0.1, 0.15) is 39.5 Å². The van der Waals surface area contributed by atoms with Crippen LogP contribution in [-0.4, -0.2) is 33.7 Å². The third kappa shape index (κ3) is 2.94. The lowest BCUT2D eigenvalue weighted by Crippen LogP contribution is -2.46. The van der Waals surface area contributed by atoms with Gasteiger partial charge in [0.2, 0.25) is 0 Å². The summed E-state index contributed by atoms with van der Waals surface area (Å²) in [7, 11) is 0. The van der Waals surface area contributed by atoms with Crippen molar-refractivity contribution >= 4 is 11.8 Å². The number of aryl methyl sites for hydroxylation is 1. The van der Waals surface area contributed by atoms with E-state index in [0.29, 0.717) is 44.7 Å². The van der Waals surface area contributed by atoms with E-state index in [1.807, 2.05) is 18.7 Å². The molecule has 1 aromatic heterocycles. The number of anilines is 1. The largest absolute Gasteiger partial charge is 0.481 e. The minimum Gasteiger partial charge on any atom is -0.481 e. The van der Waals surface area contributed by atoms with Gasteiger partial charge < -0.3 is 14.6 Å². The van der Waals surface area contributed by atoms with Gasteiger partial charge >= 0.3 is 5.97 Å². The highest BCUT2D eigenvalue weighted by Gasteiger charge is 2.41. The van der Waals surface area contributed by atoms with Gasteiger partial charge in [-0.2, -0.15) is 0 Å². The van der Waals surface area contributed by atoms with E-state index in [2.05, 4.69) is 4.98 Å². The van der Waals surface area contributed by atoms with Crippen molar-refractivity contribution < 1.29 is 9.90 Å². The zero-order valence-electron chi connectivity index (χ0n) is 12.7. The maximum atomic E-state index is 12.3. The van der Waals surface area contributed by atoms with Crippen molar-refractivity contribution in [2.75, 3.05) is 18.0 Å². The number of carboxylic acid groups (broad SMARTS) is 1. The van der Waals surface area contributed by atoms with Gasteiger partial charge in [0.05, 0.1) is 5.41 Å². The van der Waals surface area contributed by atoms with E-state index in [4.69, 9.17) is 0 Å². The Hall–Kier alpha value is -1.85. The number of aliphatic carboxylic acids is 1. The van der Waals surface area contributed by atoms with Crippen LogP contribution in [0.3, 0.4) is 0 Å². The standard InChI is InChI=1S/C15H23N3O3/c1-3-5-15(14(20)21)6-9-18(10-7-15)12-13(19)17(4-2)11-8-16-12/h8,11H,3-7,9-10H2,1-2H3,(H,20,21). The normalized spacial score (nSPS) is 17.7. The van der Waals surface area contributed by atoms with Crippen LogP contribution in [-0.2, 0) is 11.3 Å². The molecule has 2 heterocycles. The molecule has 1 N–H and O–H groups in total. The first-order valence-corrected chi connectivity index (χ1v) is 7.58. The topological polar surface area (TPSA) is 75.4 Å². The van der Waals surface area contributed by atoms with Gasteiger partial charge in [0.25, 0.3) is 5.56 Å². The molecule has 1 aliphatic rings. The summed E-state index contributed by atoms with van der Waals surface area (Å²) in [5.41, 5.74) is -0.734. The average Bonchev–Trinajstić information content (AvgIpc) is 2.48. The molecular weight excluding hydrogens is 270 g/mol. The Morgan fingerprint density at radius 3 is 2.57 bits per heavy atom. The van der Waals surface area contributed by atoms with Crippen LogP contribution in [0.15, 0.2) is 17.2 Å². The lowest BCUT2D eigenvalue weighted by atomic mass is 9.75. The van der Waals surface area contributed by atoms with Crippen molar-refractivity contribution in [3.05, 3.63) is 22.7 Å². The van der Waals surface area contributed by atoms with Gasteiger partial charge in [-0.3, -0.25) is 9.59 Å². The molecule has 1 aromatic rings. The van der Waals surface area contributed by atoms with Gasteiger partial charge in [-0.05, 0) is 26.2 Å². The van der Waals surface area contributed by atoms with Gasteiger partial charge in [-0.1, -0.05) is 13.3 Å². The summed E-state index contributed by atoms with van der Waals surface area (Å²) in [5.74, 6) is -0.272. The predicted octanol–water partition coefficient (Wildman–Crippen LogP) is 1.73. The molecule has 21 heavy (non-hydrogen) atoms. The van der Waals surface area contributed by atoms with Crippen molar-refractivity contribution in [3.63, 3.8) is 0 Å². The number of hydrogen-bond donors (Lipinski definition) is 1. The number of piperidine rings is 1. The number of aromatic nitrogens is 2. The zero-order valence-corrected chi connectivity index (χ0v) is 12.7. The monoisotopic (exact) mass is 293 g/mol.